The molecule has 0 aromatic heterocycles. The molecule has 0 bridgehead atoms. The van der Waals surface area contributed by atoms with Gasteiger partial charge in [0.25, 0.3) is 0 Å². The molecular formula is C22H37F2N3O. The topological polar surface area (TPSA) is 53.5 Å². The van der Waals surface area contributed by atoms with Gasteiger partial charge in [0.1, 0.15) is 5.83 Å². The molecule has 6 heteroatoms. The molecule has 0 aliphatic carbocycles. The van der Waals surface area contributed by atoms with Crippen molar-refractivity contribution in [3.63, 3.8) is 0 Å². The van der Waals surface area contributed by atoms with Crippen LogP contribution < -0.4 is 10.6 Å². The second-order valence-electron chi connectivity index (χ2n) is 7.31. The first-order valence-corrected chi connectivity index (χ1v) is 10.00. The molecule has 0 radical (unpaired) electrons. The fraction of sp³-hybridized carbons (Fsp3) is 0.636. The summed E-state index contributed by atoms with van der Waals surface area (Å²) in [6, 6.07) is 0. The van der Waals surface area contributed by atoms with Crippen LogP contribution in [-0.4, -0.2) is 26.7 Å². The van der Waals surface area contributed by atoms with E-state index >= 15 is 0 Å². The van der Waals surface area contributed by atoms with Crippen LogP contribution in [0.15, 0.2) is 51.9 Å². The van der Waals surface area contributed by atoms with Crippen LogP contribution >= 0.6 is 0 Å². The zero-order valence-electron chi connectivity index (χ0n) is 18.3. The van der Waals surface area contributed by atoms with E-state index in [2.05, 4.69) is 22.4 Å². The standard InChI is InChI=1S/C22H37F2N3O/c1-8-17(20(24)19(23)9-2)14-22(6,12-11-13-25-7)21(27-28)18(16(4)5)15-26-10-3/h8,25-26H,4,9-15H2,1-3,5-7H3/b17-8-,20-19-,21-18+. The molecule has 0 aliphatic heterocycles. The van der Waals surface area contributed by atoms with Crippen molar-refractivity contribution in [2.24, 2.45) is 10.6 Å². The molecule has 0 fully saturated rings. The van der Waals surface area contributed by atoms with Gasteiger partial charge in [-0.05, 0) is 76.0 Å². The molecule has 28 heavy (non-hydrogen) atoms. The summed E-state index contributed by atoms with van der Waals surface area (Å²) >= 11 is 0. The first-order valence-electron chi connectivity index (χ1n) is 10.00. The van der Waals surface area contributed by atoms with Gasteiger partial charge in [-0.25, -0.2) is 8.78 Å². The van der Waals surface area contributed by atoms with Gasteiger partial charge >= 0.3 is 0 Å². The second kappa shape index (κ2) is 13.5. The average Bonchev–Trinajstić information content (AvgIpc) is 2.67. The fourth-order valence-corrected chi connectivity index (χ4v) is 3.22. The van der Waals surface area contributed by atoms with Gasteiger partial charge in [0, 0.05) is 12.0 Å². The van der Waals surface area contributed by atoms with Crippen LogP contribution in [0.5, 0.6) is 0 Å². The molecule has 0 aliphatic rings. The monoisotopic (exact) mass is 397 g/mol. The maximum Gasteiger partial charge on any atom is 0.157 e. The van der Waals surface area contributed by atoms with Crippen molar-refractivity contribution in [3.05, 3.63) is 51.6 Å². The lowest BCUT2D eigenvalue weighted by Gasteiger charge is -2.32. The lowest BCUT2D eigenvalue weighted by atomic mass is 9.74. The molecular weight excluding hydrogens is 360 g/mol. The third-order valence-electron chi connectivity index (χ3n) is 4.93. The highest BCUT2D eigenvalue weighted by molar-refractivity contribution is 5.38. The Bertz CT molecular complexity index is 623. The van der Waals surface area contributed by atoms with E-state index in [0.717, 1.165) is 30.7 Å². The van der Waals surface area contributed by atoms with E-state index in [1.807, 2.05) is 27.8 Å². The molecule has 160 valence electrons. The van der Waals surface area contributed by atoms with E-state index in [1.54, 1.807) is 19.9 Å². The summed E-state index contributed by atoms with van der Waals surface area (Å²) in [7, 11) is 1.85. The smallest absolute Gasteiger partial charge is 0.157 e. The number of allylic oxidation sites excluding steroid dienone is 5. The average molecular weight is 398 g/mol. The highest BCUT2D eigenvalue weighted by atomic mass is 19.2. The summed E-state index contributed by atoms with van der Waals surface area (Å²) in [4.78, 5) is 11.9. The first kappa shape index (κ1) is 26.3. The minimum atomic E-state index is -0.835. The molecule has 0 saturated heterocycles. The van der Waals surface area contributed by atoms with Gasteiger partial charge in [0.05, 0.1) is 5.70 Å². The van der Waals surface area contributed by atoms with E-state index in [4.69, 9.17) is 0 Å². The molecule has 0 amide bonds. The fourth-order valence-electron chi connectivity index (χ4n) is 3.22. The first-order chi connectivity index (χ1) is 13.2. The van der Waals surface area contributed by atoms with Gasteiger partial charge in [-0.1, -0.05) is 39.0 Å². The van der Waals surface area contributed by atoms with E-state index in [0.29, 0.717) is 18.7 Å². The van der Waals surface area contributed by atoms with E-state index in [9.17, 15) is 13.7 Å². The number of rotatable bonds is 14. The third kappa shape index (κ3) is 7.76. The van der Waals surface area contributed by atoms with Crippen molar-refractivity contribution in [1.29, 1.82) is 0 Å². The van der Waals surface area contributed by atoms with E-state index in [1.165, 1.54) is 0 Å². The SMILES string of the molecule is C=C(C)/C(CNCC)=C(/N=O)C(C)(CCCNC)CC(=C/C)/C(F)=C(/F)CC. The maximum absolute atomic E-state index is 14.6. The number of nitroso groups, excluding NO2 is 1. The summed E-state index contributed by atoms with van der Waals surface area (Å²) in [5.74, 6) is -1.61. The summed E-state index contributed by atoms with van der Waals surface area (Å²) in [6.07, 6.45) is 3.14. The van der Waals surface area contributed by atoms with Crippen molar-refractivity contribution in [3.8, 4) is 0 Å². The molecule has 4 nitrogen and oxygen atoms in total. The quantitative estimate of drug-likeness (QED) is 0.212. The van der Waals surface area contributed by atoms with Crippen molar-refractivity contribution >= 4 is 0 Å². The minimum absolute atomic E-state index is 0.00823. The Balaban J connectivity index is 6.30. The summed E-state index contributed by atoms with van der Waals surface area (Å²) in [6.45, 7) is 14.9. The van der Waals surface area contributed by atoms with Gasteiger partial charge < -0.3 is 10.6 Å². The molecule has 0 aromatic rings. The zero-order chi connectivity index (χ0) is 21.7. The van der Waals surface area contributed by atoms with Crippen LogP contribution in [-0.2, 0) is 0 Å². The molecule has 0 spiro atoms. The molecule has 1 unspecified atom stereocenters. The highest BCUT2D eigenvalue weighted by Gasteiger charge is 2.34. The van der Waals surface area contributed by atoms with Crippen LogP contribution in [0.4, 0.5) is 8.78 Å². The third-order valence-corrected chi connectivity index (χ3v) is 4.93. The second-order valence-corrected chi connectivity index (χ2v) is 7.31. The van der Waals surface area contributed by atoms with Crippen LogP contribution in [0.25, 0.3) is 0 Å². The van der Waals surface area contributed by atoms with Crippen LogP contribution in [0.3, 0.4) is 0 Å². The predicted molar refractivity (Wildman–Crippen MR) is 115 cm³/mol. The molecule has 0 rings (SSSR count). The van der Waals surface area contributed by atoms with Crippen LogP contribution in [0.2, 0.25) is 0 Å². The van der Waals surface area contributed by atoms with Crippen LogP contribution in [0.1, 0.15) is 60.3 Å². The Labute approximate surface area is 169 Å². The Morgan fingerprint density at radius 3 is 2.36 bits per heavy atom. The lowest BCUT2D eigenvalue weighted by Crippen LogP contribution is -2.26. The van der Waals surface area contributed by atoms with Crippen molar-refractivity contribution in [2.75, 3.05) is 26.7 Å². The van der Waals surface area contributed by atoms with E-state index < -0.39 is 17.1 Å². The molecule has 2 N–H and O–H groups in total. The molecule has 0 heterocycles. The van der Waals surface area contributed by atoms with Gasteiger partial charge in [0.15, 0.2) is 5.83 Å². The molecule has 0 saturated carbocycles. The van der Waals surface area contributed by atoms with Gasteiger partial charge in [-0.2, -0.15) is 0 Å². The number of nitrogens with one attached hydrogen (secondary N) is 2. The Hall–Kier alpha value is -1.66. The largest absolute Gasteiger partial charge is 0.320 e. The lowest BCUT2D eigenvalue weighted by molar-refractivity contribution is 0.336. The normalized spacial score (nSPS) is 16.2. The minimum Gasteiger partial charge on any atom is -0.320 e. The Kier molecular flexibility index (Phi) is 12.7. The van der Waals surface area contributed by atoms with Gasteiger partial charge in [-0.15, -0.1) is 4.91 Å². The number of nitrogens with zero attached hydrogens (tertiary/aromatic N) is 1. The van der Waals surface area contributed by atoms with Crippen molar-refractivity contribution < 1.29 is 8.78 Å². The summed E-state index contributed by atoms with van der Waals surface area (Å²) < 4.78 is 28.5. The molecule has 0 aromatic carbocycles. The number of halogens is 2. The predicted octanol–water partition coefficient (Wildman–Crippen LogP) is 6.10. The summed E-state index contributed by atoms with van der Waals surface area (Å²) in [5.41, 5.74) is 1.36. The van der Waals surface area contributed by atoms with Crippen molar-refractivity contribution in [1.82, 2.24) is 10.6 Å². The Morgan fingerprint density at radius 1 is 1.29 bits per heavy atom. The number of hydrogen-bond acceptors (Lipinski definition) is 4. The maximum atomic E-state index is 14.6. The van der Waals surface area contributed by atoms with Gasteiger partial charge in [-0.3, -0.25) is 0 Å². The van der Waals surface area contributed by atoms with E-state index in [-0.39, 0.29) is 18.4 Å². The van der Waals surface area contributed by atoms with Crippen LogP contribution in [0, 0.1) is 10.3 Å². The van der Waals surface area contributed by atoms with Crippen molar-refractivity contribution in [2.45, 2.75) is 60.3 Å². The molecule has 1 atom stereocenters. The number of hydrogen-bond donors (Lipinski definition) is 2. The highest BCUT2D eigenvalue weighted by Crippen LogP contribution is 2.44. The zero-order valence-corrected chi connectivity index (χ0v) is 18.3. The Morgan fingerprint density at radius 2 is 1.93 bits per heavy atom. The number of likely N-dealkylation sites (N-methyl/N-ethyl adjacent to an activating group) is 1. The van der Waals surface area contributed by atoms with Gasteiger partial charge in [0.2, 0.25) is 0 Å². The summed E-state index contributed by atoms with van der Waals surface area (Å²) in [5, 5.41) is 9.68.